The van der Waals surface area contributed by atoms with Crippen molar-refractivity contribution in [2.45, 2.75) is 57.8 Å². The van der Waals surface area contributed by atoms with Crippen LogP contribution in [0, 0.1) is 12.8 Å². The Kier molecular flexibility index (Phi) is 4.42. The molecule has 0 unspecified atom stereocenters. The lowest BCUT2D eigenvalue weighted by atomic mass is 9.85. The largest absolute Gasteiger partial charge is 0.496 e. The van der Waals surface area contributed by atoms with Crippen molar-refractivity contribution < 1.29 is 9.53 Å². The average Bonchev–Trinajstić information content (AvgIpc) is 3.45. The fourth-order valence-electron chi connectivity index (χ4n) is 6.07. The third-order valence-corrected chi connectivity index (χ3v) is 7.35. The quantitative estimate of drug-likeness (QED) is 0.782. The minimum Gasteiger partial charge on any atom is -0.496 e. The summed E-state index contributed by atoms with van der Waals surface area (Å²) in [4.78, 5) is 18.3. The zero-order chi connectivity index (χ0) is 20.2. The monoisotopic (exact) mass is 394 g/mol. The molecule has 6 nitrogen and oxygen atoms in total. The molecule has 1 aromatic heterocycles. The molecule has 3 fully saturated rings. The number of carbonyl (C=O) groups is 1. The predicted molar refractivity (Wildman–Crippen MR) is 111 cm³/mol. The molecule has 3 saturated heterocycles. The zero-order valence-electron chi connectivity index (χ0n) is 17.6. The number of hydrogen-bond acceptors (Lipinski definition) is 4. The highest BCUT2D eigenvalue weighted by molar-refractivity contribution is 5.90. The van der Waals surface area contributed by atoms with Gasteiger partial charge in [0, 0.05) is 48.9 Å². The summed E-state index contributed by atoms with van der Waals surface area (Å²) < 4.78 is 7.54. The average molecular weight is 395 g/mol. The van der Waals surface area contributed by atoms with Gasteiger partial charge in [0.15, 0.2) is 0 Å². The minimum absolute atomic E-state index is 0.312. The molecule has 3 aliphatic heterocycles. The van der Waals surface area contributed by atoms with Gasteiger partial charge in [0.05, 0.1) is 12.8 Å². The van der Waals surface area contributed by atoms with Gasteiger partial charge in [-0.05, 0) is 45.7 Å². The van der Waals surface area contributed by atoms with E-state index < -0.39 is 0 Å². The number of rotatable bonds is 5. The first kappa shape index (κ1) is 18.7. The lowest BCUT2D eigenvalue weighted by Gasteiger charge is -2.33. The van der Waals surface area contributed by atoms with Crippen LogP contribution < -0.4 is 4.74 Å². The summed E-state index contributed by atoms with van der Waals surface area (Å²) in [5, 5.41) is 4.67. The Morgan fingerprint density at radius 3 is 2.90 bits per heavy atom. The van der Waals surface area contributed by atoms with E-state index in [1.54, 1.807) is 7.11 Å². The van der Waals surface area contributed by atoms with Gasteiger partial charge < -0.3 is 9.64 Å². The first-order chi connectivity index (χ1) is 14.1. The molecule has 3 aliphatic rings. The molecule has 6 heteroatoms. The maximum absolute atomic E-state index is 13.7. The summed E-state index contributed by atoms with van der Waals surface area (Å²) in [7, 11) is 1.69. The van der Waals surface area contributed by atoms with E-state index in [9.17, 15) is 4.79 Å². The van der Waals surface area contributed by atoms with Crippen LogP contribution in [-0.4, -0.2) is 51.2 Å². The molecule has 0 aliphatic carbocycles. The Balaban J connectivity index is 1.43. The summed E-state index contributed by atoms with van der Waals surface area (Å²) in [5.41, 5.74) is 3.19. The van der Waals surface area contributed by atoms with Gasteiger partial charge in [-0.3, -0.25) is 14.4 Å². The van der Waals surface area contributed by atoms with Crippen molar-refractivity contribution in [1.82, 2.24) is 19.6 Å². The van der Waals surface area contributed by atoms with Crippen molar-refractivity contribution in [3.63, 3.8) is 0 Å². The lowest BCUT2D eigenvalue weighted by Crippen LogP contribution is -2.49. The van der Waals surface area contributed by atoms with E-state index in [1.165, 1.54) is 5.56 Å². The predicted octanol–water partition coefficient (Wildman–Crippen LogP) is 3.16. The van der Waals surface area contributed by atoms with Crippen molar-refractivity contribution in [3.05, 3.63) is 47.3 Å². The van der Waals surface area contributed by atoms with Gasteiger partial charge in [-0.2, -0.15) is 5.10 Å². The Hall–Kier alpha value is -2.34. The summed E-state index contributed by atoms with van der Waals surface area (Å²) in [6, 6.07) is 8.35. The van der Waals surface area contributed by atoms with E-state index in [4.69, 9.17) is 4.74 Å². The van der Waals surface area contributed by atoms with E-state index in [-0.39, 0.29) is 5.54 Å². The Morgan fingerprint density at radius 2 is 2.14 bits per heavy atom. The second-order valence-corrected chi connectivity index (χ2v) is 8.69. The zero-order valence-corrected chi connectivity index (χ0v) is 17.6. The molecule has 0 N–H and O–H groups in total. The number of hydrogen-bond donors (Lipinski definition) is 0. The van der Waals surface area contributed by atoms with Gasteiger partial charge in [0.25, 0.3) is 0 Å². The van der Waals surface area contributed by atoms with Crippen LogP contribution in [-0.2, 0) is 17.9 Å². The minimum atomic E-state index is -0.312. The molecule has 1 spiro atoms. The van der Waals surface area contributed by atoms with Crippen molar-refractivity contribution in [2.75, 3.05) is 20.2 Å². The van der Waals surface area contributed by atoms with Gasteiger partial charge in [0.2, 0.25) is 5.91 Å². The maximum Gasteiger partial charge on any atom is 0.243 e. The first-order valence-corrected chi connectivity index (χ1v) is 10.8. The van der Waals surface area contributed by atoms with Gasteiger partial charge in [0.1, 0.15) is 11.3 Å². The van der Waals surface area contributed by atoms with Crippen LogP contribution in [0.3, 0.4) is 0 Å². The number of methoxy groups -OCH3 is 1. The molecule has 2 aromatic rings. The van der Waals surface area contributed by atoms with Crippen LogP contribution in [0.25, 0.3) is 0 Å². The molecule has 1 amide bonds. The highest BCUT2D eigenvalue weighted by atomic mass is 16.5. The molecule has 29 heavy (non-hydrogen) atoms. The van der Waals surface area contributed by atoms with Crippen LogP contribution in [0.4, 0.5) is 0 Å². The molecule has 154 valence electrons. The fraction of sp³-hybridized carbons (Fsp3) is 0.565. The molecular formula is C23H30N4O2. The molecule has 3 atom stereocenters. The van der Waals surface area contributed by atoms with E-state index in [0.717, 1.165) is 55.9 Å². The summed E-state index contributed by atoms with van der Waals surface area (Å²) >= 11 is 0. The van der Waals surface area contributed by atoms with Crippen LogP contribution in [0.5, 0.6) is 5.75 Å². The highest BCUT2D eigenvalue weighted by Gasteiger charge is 2.65. The molecule has 4 heterocycles. The van der Waals surface area contributed by atoms with Crippen LogP contribution >= 0.6 is 0 Å². The van der Waals surface area contributed by atoms with Gasteiger partial charge >= 0.3 is 0 Å². The van der Waals surface area contributed by atoms with Crippen molar-refractivity contribution in [1.29, 1.82) is 0 Å². The number of para-hydroxylation sites is 1. The second-order valence-electron chi connectivity index (χ2n) is 8.69. The van der Waals surface area contributed by atoms with E-state index >= 15 is 0 Å². The topological polar surface area (TPSA) is 50.6 Å². The SMILES string of the molecule is CCn1cc([C@@H]2C[C@H]3CN(Cc4ccccc4OC)C(=O)[C@]34CCCN24)c(C)n1. The van der Waals surface area contributed by atoms with Gasteiger partial charge in [-0.15, -0.1) is 0 Å². The second kappa shape index (κ2) is 6.87. The van der Waals surface area contributed by atoms with E-state index in [1.807, 2.05) is 22.9 Å². The molecule has 0 radical (unpaired) electrons. The highest BCUT2D eigenvalue weighted by Crippen LogP contribution is 2.56. The summed E-state index contributed by atoms with van der Waals surface area (Å²) in [6.07, 6.45) is 5.33. The van der Waals surface area contributed by atoms with Gasteiger partial charge in [-0.1, -0.05) is 18.2 Å². The third-order valence-electron chi connectivity index (χ3n) is 7.35. The number of aromatic nitrogens is 2. The van der Waals surface area contributed by atoms with E-state index in [0.29, 0.717) is 24.4 Å². The summed E-state index contributed by atoms with van der Waals surface area (Å²) in [6.45, 7) is 7.58. The number of benzene rings is 1. The number of aryl methyl sites for hydroxylation is 2. The van der Waals surface area contributed by atoms with E-state index in [2.05, 4.69) is 41.0 Å². The van der Waals surface area contributed by atoms with Crippen molar-refractivity contribution >= 4 is 5.91 Å². The molecule has 0 saturated carbocycles. The fourth-order valence-corrected chi connectivity index (χ4v) is 6.07. The smallest absolute Gasteiger partial charge is 0.243 e. The normalized spacial score (nSPS) is 28.8. The number of nitrogens with zero attached hydrogens (tertiary/aromatic N) is 4. The number of likely N-dealkylation sites (tertiary alicyclic amines) is 1. The van der Waals surface area contributed by atoms with Crippen molar-refractivity contribution in [2.24, 2.45) is 5.92 Å². The lowest BCUT2D eigenvalue weighted by molar-refractivity contribution is -0.137. The Morgan fingerprint density at radius 1 is 1.31 bits per heavy atom. The Bertz CT molecular complexity index is 939. The number of carbonyl (C=O) groups excluding carboxylic acids is 1. The van der Waals surface area contributed by atoms with Crippen molar-refractivity contribution in [3.8, 4) is 5.75 Å². The van der Waals surface area contributed by atoms with Crippen LogP contribution in [0.1, 0.15) is 49.0 Å². The molecule has 1 aromatic carbocycles. The third kappa shape index (κ3) is 2.65. The number of amides is 1. The van der Waals surface area contributed by atoms with Gasteiger partial charge in [-0.25, -0.2) is 0 Å². The molecule has 5 rings (SSSR count). The van der Waals surface area contributed by atoms with Crippen LogP contribution in [0.2, 0.25) is 0 Å². The molecular weight excluding hydrogens is 364 g/mol. The summed E-state index contributed by atoms with van der Waals surface area (Å²) in [5.74, 6) is 1.56. The maximum atomic E-state index is 13.7. The Labute approximate surface area is 172 Å². The van der Waals surface area contributed by atoms with Crippen LogP contribution in [0.15, 0.2) is 30.5 Å². The number of ether oxygens (including phenoxy) is 1. The molecule has 0 bridgehead atoms. The first-order valence-electron chi connectivity index (χ1n) is 10.8. The standard InChI is InChI=1S/C23H30N4O2/c1-4-26-15-19(16(2)24-26)20-12-18-14-25(13-17-8-5-6-9-21(17)29-3)22(28)23(18)10-7-11-27(20)23/h5-6,8-9,15,18,20H,4,7,10-14H2,1-3H3/t18-,20-,23-/m0/s1.